The molecule has 3 aromatic rings. The monoisotopic (exact) mass is 346 g/mol. The molecule has 3 rings (SSSR count). The average molecular weight is 347 g/mol. The minimum Gasteiger partial charge on any atom is -0.382 e. The number of fused-ring (bicyclic) bond motifs is 1. The first kappa shape index (κ1) is 16.6. The molecule has 8 heteroatoms. The Kier molecular flexibility index (Phi) is 5.55. The van der Waals surface area contributed by atoms with Gasteiger partial charge in [0.25, 0.3) is 0 Å². The summed E-state index contributed by atoms with van der Waals surface area (Å²) in [6.45, 7) is 4.70. The van der Waals surface area contributed by atoms with Crippen molar-refractivity contribution in [1.82, 2.24) is 25.0 Å². The number of aromatic nitrogens is 5. The Morgan fingerprint density at radius 3 is 2.96 bits per heavy atom. The molecule has 0 atom stereocenters. The Morgan fingerprint density at radius 1 is 1.25 bits per heavy atom. The molecular formula is C16H19ClN6O. The van der Waals surface area contributed by atoms with Gasteiger partial charge in [0, 0.05) is 24.8 Å². The van der Waals surface area contributed by atoms with E-state index in [1.165, 1.54) is 6.33 Å². The minimum absolute atomic E-state index is 0.511. The first-order valence-electron chi connectivity index (χ1n) is 7.88. The zero-order valence-electron chi connectivity index (χ0n) is 13.4. The van der Waals surface area contributed by atoms with Crippen LogP contribution in [-0.2, 0) is 11.3 Å². The van der Waals surface area contributed by atoms with Crippen LogP contribution in [-0.4, -0.2) is 44.7 Å². The summed E-state index contributed by atoms with van der Waals surface area (Å²) in [6.07, 6.45) is 2.41. The highest BCUT2D eigenvalue weighted by Crippen LogP contribution is 2.20. The zero-order chi connectivity index (χ0) is 16.8. The molecule has 1 N–H and O–H groups in total. The predicted molar refractivity (Wildman–Crippen MR) is 93.3 cm³/mol. The molecule has 2 aromatic heterocycles. The molecule has 0 saturated carbocycles. The molecule has 0 aliphatic carbocycles. The van der Waals surface area contributed by atoms with E-state index in [4.69, 9.17) is 16.3 Å². The van der Waals surface area contributed by atoms with E-state index in [2.05, 4.69) is 25.6 Å². The number of halogens is 1. The Morgan fingerprint density at radius 2 is 2.12 bits per heavy atom. The van der Waals surface area contributed by atoms with Gasteiger partial charge in [-0.15, -0.1) is 5.10 Å². The number of nitrogens with zero attached hydrogens (tertiary/aromatic N) is 5. The van der Waals surface area contributed by atoms with Gasteiger partial charge in [0.05, 0.1) is 6.54 Å². The number of ether oxygens (including phenoxy) is 1. The molecule has 126 valence electrons. The Hall–Kier alpha value is -2.25. The normalized spacial score (nSPS) is 11.1. The first-order chi connectivity index (χ1) is 11.8. The van der Waals surface area contributed by atoms with Crippen molar-refractivity contribution in [3.8, 4) is 0 Å². The maximum atomic E-state index is 6.22. The highest BCUT2D eigenvalue weighted by atomic mass is 35.5. The maximum Gasteiger partial charge on any atom is 0.184 e. The molecule has 0 radical (unpaired) electrons. The van der Waals surface area contributed by atoms with Crippen LogP contribution in [0.2, 0.25) is 5.02 Å². The number of hydrogen-bond donors (Lipinski definition) is 1. The number of rotatable bonds is 8. The first-order valence-corrected chi connectivity index (χ1v) is 8.26. The summed E-state index contributed by atoms with van der Waals surface area (Å²) >= 11 is 6.22. The van der Waals surface area contributed by atoms with Crippen molar-refractivity contribution in [2.24, 2.45) is 0 Å². The number of benzene rings is 1. The summed E-state index contributed by atoms with van der Waals surface area (Å²) in [7, 11) is 0. The van der Waals surface area contributed by atoms with Crippen LogP contribution in [0.25, 0.3) is 11.2 Å². The Balaban J connectivity index is 1.75. The van der Waals surface area contributed by atoms with Crippen molar-refractivity contribution in [1.29, 1.82) is 0 Å². The lowest BCUT2D eigenvalue weighted by Crippen LogP contribution is -2.08. The molecule has 0 unspecified atom stereocenters. The zero-order valence-corrected chi connectivity index (χ0v) is 14.2. The van der Waals surface area contributed by atoms with Crippen molar-refractivity contribution in [2.45, 2.75) is 19.9 Å². The second-order valence-corrected chi connectivity index (χ2v) is 5.62. The standard InChI is InChI=1S/C16H19ClN6O/c1-2-24-9-5-8-18-15-14-16(20-11-19-15)23(22-21-14)10-12-6-3-4-7-13(12)17/h3-4,6-7,11H,2,5,8-10H2,1H3,(H,18,19,20). The molecule has 7 nitrogen and oxygen atoms in total. The molecule has 0 fully saturated rings. The average Bonchev–Trinajstić information content (AvgIpc) is 3.01. The van der Waals surface area contributed by atoms with Crippen LogP contribution in [0.5, 0.6) is 0 Å². The lowest BCUT2D eigenvalue weighted by atomic mass is 10.2. The van der Waals surface area contributed by atoms with Crippen molar-refractivity contribution >= 4 is 28.6 Å². The molecule has 0 aliphatic heterocycles. The van der Waals surface area contributed by atoms with Gasteiger partial charge in [-0.25, -0.2) is 14.6 Å². The van der Waals surface area contributed by atoms with Gasteiger partial charge in [-0.3, -0.25) is 0 Å². The Bertz CT molecular complexity index is 806. The van der Waals surface area contributed by atoms with E-state index >= 15 is 0 Å². The van der Waals surface area contributed by atoms with Crippen LogP contribution in [0.15, 0.2) is 30.6 Å². The molecule has 0 spiro atoms. The van der Waals surface area contributed by atoms with Crippen LogP contribution in [0.1, 0.15) is 18.9 Å². The maximum absolute atomic E-state index is 6.22. The summed E-state index contributed by atoms with van der Waals surface area (Å²) < 4.78 is 7.05. The second kappa shape index (κ2) is 8.03. The lowest BCUT2D eigenvalue weighted by Gasteiger charge is -2.06. The topological polar surface area (TPSA) is 77.8 Å². The Labute approximate surface area is 145 Å². The summed E-state index contributed by atoms with van der Waals surface area (Å²) in [6, 6.07) is 7.67. The number of anilines is 1. The molecule has 0 amide bonds. The van der Waals surface area contributed by atoms with E-state index in [-0.39, 0.29) is 0 Å². The number of nitrogens with one attached hydrogen (secondary N) is 1. The van der Waals surface area contributed by atoms with Crippen molar-refractivity contribution in [3.63, 3.8) is 0 Å². The van der Waals surface area contributed by atoms with Gasteiger partial charge in [-0.1, -0.05) is 35.0 Å². The van der Waals surface area contributed by atoms with Crippen molar-refractivity contribution in [3.05, 3.63) is 41.2 Å². The van der Waals surface area contributed by atoms with Gasteiger partial charge in [0.2, 0.25) is 0 Å². The fraction of sp³-hybridized carbons (Fsp3) is 0.375. The van der Waals surface area contributed by atoms with Gasteiger partial charge in [-0.2, -0.15) is 0 Å². The third-order valence-corrected chi connectivity index (χ3v) is 3.91. The SMILES string of the molecule is CCOCCCNc1ncnc2c1nnn2Cc1ccccc1Cl. The fourth-order valence-electron chi connectivity index (χ4n) is 2.34. The van der Waals surface area contributed by atoms with E-state index in [1.807, 2.05) is 31.2 Å². The van der Waals surface area contributed by atoms with Crippen molar-refractivity contribution in [2.75, 3.05) is 25.1 Å². The molecular weight excluding hydrogens is 328 g/mol. The van der Waals surface area contributed by atoms with Gasteiger partial charge in [0.15, 0.2) is 17.0 Å². The molecule has 0 bridgehead atoms. The second-order valence-electron chi connectivity index (χ2n) is 5.21. The molecule has 1 aromatic carbocycles. The van der Waals surface area contributed by atoms with Gasteiger partial charge >= 0.3 is 0 Å². The van der Waals surface area contributed by atoms with Crippen molar-refractivity contribution < 1.29 is 4.74 Å². The molecule has 0 saturated heterocycles. The lowest BCUT2D eigenvalue weighted by molar-refractivity contribution is 0.147. The van der Waals surface area contributed by atoms with Gasteiger partial charge in [-0.05, 0) is 25.0 Å². The number of hydrogen-bond acceptors (Lipinski definition) is 6. The third-order valence-electron chi connectivity index (χ3n) is 3.54. The van der Waals surface area contributed by atoms with Crippen LogP contribution in [0.3, 0.4) is 0 Å². The summed E-state index contributed by atoms with van der Waals surface area (Å²) in [5.41, 5.74) is 2.30. The minimum atomic E-state index is 0.511. The largest absolute Gasteiger partial charge is 0.382 e. The van der Waals surface area contributed by atoms with Crippen LogP contribution in [0, 0.1) is 0 Å². The molecule has 24 heavy (non-hydrogen) atoms. The van der Waals surface area contributed by atoms with Crippen LogP contribution in [0.4, 0.5) is 5.82 Å². The molecule has 2 heterocycles. The van der Waals surface area contributed by atoms with E-state index < -0.39 is 0 Å². The summed E-state index contributed by atoms with van der Waals surface area (Å²) in [5.74, 6) is 0.682. The molecule has 0 aliphatic rings. The van der Waals surface area contributed by atoms with E-state index in [1.54, 1.807) is 4.68 Å². The fourth-order valence-corrected chi connectivity index (χ4v) is 2.54. The highest BCUT2D eigenvalue weighted by Gasteiger charge is 2.12. The van der Waals surface area contributed by atoms with E-state index in [0.29, 0.717) is 28.5 Å². The van der Waals surface area contributed by atoms with Gasteiger partial charge < -0.3 is 10.1 Å². The van der Waals surface area contributed by atoms with E-state index in [9.17, 15) is 0 Å². The van der Waals surface area contributed by atoms with Gasteiger partial charge in [0.1, 0.15) is 6.33 Å². The van der Waals surface area contributed by atoms with E-state index in [0.717, 1.165) is 31.7 Å². The summed E-state index contributed by atoms with van der Waals surface area (Å²) in [5, 5.41) is 12.4. The highest BCUT2D eigenvalue weighted by molar-refractivity contribution is 6.31. The van der Waals surface area contributed by atoms with Crippen LogP contribution < -0.4 is 5.32 Å². The smallest absolute Gasteiger partial charge is 0.184 e. The third kappa shape index (κ3) is 3.80. The predicted octanol–water partition coefficient (Wildman–Crippen LogP) is 2.76. The summed E-state index contributed by atoms with van der Waals surface area (Å²) in [4.78, 5) is 8.56. The quantitative estimate of drug-likeness (QED) is 0.632. The van der Waals surface area contributed by atoms with Crippen LogP contribution >= 0.6 is 11.6 Å².